The lowest BCUT2D eigenvalue weighted by atomic mass is 9.92. The first-order chi connectivity index (χ1) is 19.7. The van der Waals surface area contributed by atoms with Crippen molar-refractivity contribution in [3.63, 3.8) is 0 Å². The van der Waals surface area contributed by atoms with Gasteiger partial charge in [-0.1, -0.05) is 24.3 Å². The molecular weight excluding hydrogens is 518 g/mol. The molecule has 212 valence electrons. The molecule has 1 amide bonds. The zero-order chi connectivity index (χ0) is 29.1. The molecule has 0 unspecified atom stereocenters. The van der Waals surface area contributed by atoms with Gasteiger partial charge in [0.1, 0.15) is 17.6 Å². The van der Waals surface area contributed by atoms with Crippen LogP contribution in [0.15, 0.2) is 59.7 Å². The number of hydrogen-bond acceptors (Lipinski definition) is 8. The number of pyridine rings is 2. The number of aryl methyl sites for hydroxylation is 4. The second kappa shape index (κ2) is 11.8. The number of ether oxygens (including phenoxy) is 1. The number of carbonyl (C=O) groups excluding carboxylic acids is 1. The summed E-state index contributed by atoms with van der Waals surface area (Å²) in [5.41, 5.74) is 12.1. The van der Waals surface area contributed by atoms with Gasteiger partial charge in [-0.15, -0.1) is 0 Å². The van der Waals surface area contributed by atoms with Crippen molar-refractivity contribution < 1.29 is 9.53 Å². The van der Waals surface area contributed by atoms with E-state index in [9.17, 15) is 9.59 Å². The number of anilines is 2. The third-order valence-electron chi connectivity index (χ3n) is 7.79. The molecule has 0 bridgehead atoms. The smallest absolute Gasteiger partial charge is 0.294 e. The Morgan fingerprint density at radius 1 is 1.10 bits per heavy atom. The Bertz CT molecular complexity index is 1630. The van der Waals surface area contributed by atoms with E-state index in [1.165, 1.54) is 11.1 Å². The predicted molar refractivity (Wildman–Crippen MR) is 158 cm³/mol. The summed E-state index contributed by atoms with van der Waals surface area (Å²) in [6.45, 7) is 6.71. The molecule has 0 spiro atoms. The third kappa shape index (κ3) is 5.91. The summed E-state index contributed by atoms with van der Waals surface area (Å²) in [5.74, 6) is 0.953. The molecule has 4 aromatic rings. The van der Waals surface area contributed by atoms with Crippen LogP contribution in [-0.4, -0.2) is 39.1 Å². The Morgan fingerprint density at radius 3 is 2.63 bits per heavy atom. The average Bonchev–Trinajstić information content (AvgIpc) is 3.41. The van der Waals surface area contributed by atoms with Crippen LogP contribution in [-0.2, 0) is 17.8 Å². The molecule has 5 rings (SSSR count). The molecule has 2 atom stereocenters. The number of benzene rings is 1. The summed E-state index contributed by atoms with van der Waals surface area (Å²) in [7, 11) is 1.61. The van der Waals surface area contributed by atoms with Crippen molar-refractivity contribution in [3.05, 3.63) is 105 Å². The van der Waals surface area contributed by atoms with E-state index in [1.807, 2.05) is 25.1 Å². The molecular formula is C31H35N7O3. The van der Waals surface area contributed by atoms with Crippen LogP contribution >= 0.6 is 0 Å². The standard InChI is InChI=1S/C31H35N7O3/c1-18-5-6-21(13-19(18)2)25(26-10-9-24(41-4)16-33-26)17-35-29-31(40)38-23(15-34-29)8-11-27(38)30(39)36-14-22-7-12-28(32)37-20(22)3/h5-7,9-10,12-13,15-16,25,27H,8,11,14,17H2,1-4H3,(H2,32,37)(H,34,35)(H,36,39)/t25-,27+/m1/s1. The zero-order valence-corrected chi connectivity index (χ0v) is 23.8. The molecule has 41 heavy (non-hydrogen) atoms. The first-order valence-corrected chi connectivity index (χ1v) is 13.7. The van der Waals surface area contributed by atoms with Crippen LogP contribution in [0.5, 0.6) is 5.75 Å². The molecule has 4 heterocycles. The molecule has 0 radical (unpaired) electrons. The van der Waals surface area contributed by atoms with Gasteiger partial charge < -0.3 is 21.1 Å². The van der Waals surface area contributed by atoms with Crippen LogP contribution in [0.4, 0.5) is 11.6 Å². The maximum absolute atomic E-state index is 13.6. The molecule has 10 heteroatoms. The lowest BCUT2D eigenvalue weighted by Crippen LogP contribution is -2.36. The Morgan fingerprint density at radius 2 is 1.93 bits per heavy atom. The van der Waals surface area contributed by atoms with Gasteiger partial charge in [0.05, 0.1) is 13.3 Å². The lowest BCUT2D eigenvalue weighted by Gasteiger charge is -2.20. The van der Waals surface area contributed by atoms with Gasteiger partial charge >= 0.3 is 0 Å². The minimum Gasteiger partial charge on any atom is -0.495 e. The SMILES string of the molecule is COc1ccc([C@H](CNc2ncc3n(c2=O)[C@H](C(=O)NCc2ccc(N)nc2C)CC3)c2ccc(C)c(C)c2)nc1. The molecule has 1 aliphatic rings. The first-order valence-electron chi connectivity index (χ1n) is 13.7. The number of rotatable bonds is 9. The summed E-state index contributed by atoms with van der Waals surface area (Å²) in [6, 6.07) is 13.1. The molecule has 3 aromatic heterocycles. The van der Waals surface area contributed by atoms with Gasteiger partial charge in [0.25, 0.3) is 5.56 Å². The minimum atomic E-state index is -0.609. The minimum absolute atomic E-state index is 0.143. The number of aromatic nitrogens is 4. The van der Waals surface area contributed by atoms with E-state index in [0.717, 1.165) is 28.2 Å². The Balaban J connectivity index is 1.36. The number of nitrogens with one attached hydrogen (secondary N) is 2. The van der Waals surface area contributed by atoms with E-state index in [0.29, 0.717) is 37.5 Å². The highest BCUT2D eigenvalue weighted by Crippen LogP contribution is 2.28. The average molecular weight is 554 g/mol. The number of hydrogen-bond donors (Lipinski definition) is 3. The quantitative estimate of drug-likeness (QED) is 0.286. The van der Waals surface area contributed by atoms with E-state index < -0.39 is 6.04 Å². The van der Waals surface area contributed by atoms with Gasteiger partial charge in [-0.2, -0.15) is 0 Å². The van der Waals surface area contributed by atoms with Gasteiger partial charge in [-0.05, 0) is 74.1 Å². The topological polar surface area (TPSA) is 137 Å². The fraction of sp³-hybridized carbons (Fsp3) is 0.323. The number of nitrogens with two attached hydrogens (primary N) is 1. The highest BCUT2D eigenvalue weighted by molar-refractivity contribution is 5.81. The largest absolute Gasteiger partial charge is 0.495 e. The van der Waals surface area contributed by atoms with Gasteiger partial charge in [0.15, 0.2) is 5.82 Å². The van der Waals surface area contributed by atoms with E-state index in [2.05, 4.69) is 57.6 Å². The maximum Gasteiger partial charge on any atom is 0.294 e. The molecule has 0 saturated heterocycles. The van der Waals surface area contributed by atoms with Crippen molar-refractivity contribution in [2.24, 2.45) is 0 Å². The predicted octanol–water partition coefficient (Wildman–Crippen LogP) is 3.60. The third-order valence-corrected chi connectivity index (χ3v) is 7.79. The highest BCUT2D eigenvalue weighted by atomic mass is 16.5. The van der Waals surface area contributed by atoms with E-state index in [1.54, 1.807) is 30.1 Å². The van der Waals surface area contributed by atoms with Crippen molar-refractivity contribution in [2.45, 2.75) is 52.1 Å². The Kier molecular flexibility index (Phi) is 8.00. The van der Waals surface area contributed by atoms with Gasteiger partial charge in [0.2, 0.25) is 5.91 Å². The van der Waals surface area contributed by atoms with Crippen molar-refractivity contribution in [1.29, 1.82) is 0 Å². The summed E-state index contributed by atoms with van der Waals surface area (Å²) >= 11 is 0. The number of amides is 1. The number of nitrogens with zero attached hydrogens (tertiary/aromatic N) is 4. The fourth-order valence-corrected chi connectivity index (χ4v) is 5.20. The van der Waals surface area contributed by atoms with Gasteiger partial charge in [0, 0.05) is 42.3 Å². The molecule has 0 saturated carbocycles. The number of fused-ring (bicyclic) bond motifs is 1. The molecule has 10 nitrogen and oxygen atoms in total. The van der Waals surface area contributed by atoms with Crippen molar-refractivity contribution in [1.82, 2.24) is 24.8 Å². The number of methoxy groups -OCH3 is 1. The highest BCUT2D eigenvalue weighted by Gasteiger charge is 2.31. The fourth-order valence-electron chi connectivity index (χ4n) is 5.20. The molecule has 1 aromatic carbocycles. The van der Waals surface area contributed by atoms with E-state index in [-0.39, 0.29) is 23.2 Å². The Hall–Kier alpha value is -4.73. The van der Waals surface area contributed by atoms with E-state index >= 15 is 0 Å². The summed E-state index contributed by atoms with van der Waals surface area (Å²) in [5, 5.41) is 6.23. The van der Waals surface area contributed by atoms with Gasteiger partial charge in [-0.3, -0.25) is 19.1 Å². The molecule has 4 N–H and O–H groups in total. The lowest BCUT2D eigenvalue weighted by molar-refractivity contribution is -0.124. The van der Waals surface area contributed by atoms with Crippen LogP contribution in [0, 0.1) is 20.8 Å². The zero-order valence-electron chi connectivity index (χ0n) is 23.8. The van der Waals surface area contributed by atoms with E-state index in [4.69, 9.17) is 10.5 Å². The number of carbonyl (C=O) groups is 1. The monoisotopic (exact) mass is 553 g/mol. The summed E-state index contributed by atoms with van der Waals surface area (Å²) in [4.78, 5) is 40.1. The van der Waals surface area contributed by atoms with Crippen molar-refractivity contribution in [3.8, 4) is 5.75 Å². The van der Waals surface area contributed by atoms with Crippen LogP contribution in [0.2, 0.25) is 0 Å². The summed E-state index contributed by atoms with van der Waals surface area (Å²) in [6.07, 6.45) is 4.51. The van der Waals surface area contributed by atoms with Crippen LogP contribution < -0.4 is 26.7 Å². The van der Waals surface area contributed by atoms with Crippen molar-refractivity contribution in [2.75, 3.05) is 24.7 Å². The second-order valence-corrected chi connectivity index (χ2v) is 10.4. The second-order valence-electron chi connectivity index (χ2n) is 10.4. The molecule has 0 aliphatic carbocycles. The van der Waals surface area contributed by atoms with Crippen LogP contribution in [0.25, 0.3) is 0 Å². The molecule has 0 fully saturated rings. The Labute approximate surface area is 239 Å². The normalized spacial score (nSPS) is 14.8. The first kappa shape index (κ1) is 27.8. The number of nitrogen functional groups attached to an aromatic ring is 1. The molecule has 1 aliphatic heterocycles. The van der Waals surface area contributed by atoms with Crippen LogP contribution in [0.1, 0.15) is 57.7 Å². The summed E-state index contributed by atoms with van der Waals surface area (Å²) < 4.78 is 6.85. The van der Waals surface area contributed by atoms with Crippen LogP contribution in [0.3, 0.4) is 0 Å². The maximum atomic E-state index is 13.6. The van der Waals surface area contributed by atoms with Crippen molar-refractivity contribution >= 4 is 17.5 Å². The van der Waals surface area contributed by atoms with Gasteiger partial charge in [-0.25, -0.2) is 9.97 Å².